The van der Waals surface area contributed by atoms with Crippen molar-refractivity contribution >= 4 is 41.3 Å². The van der Waals surface area contributed by atoms with Crippen LogP contribution in [-0.4, -0.2) is 62.6 Å². The van der Waals surface area contributed by atoms with Gasteiger partial charge in [0.05, 0.1) is 24.1 Å². The zero-order chi connectivity index (χ0) is 22.8. The average molecular weight is 459 g/mol. The normalized spacial score (nSPS) is 20.5. The Morgan fingerprint density at radius 3 is 2.84 bits per heavy atom. The molecule has 32 heavy (non-hydrogen) atoms. The number of carbonyl (C=O) groups excluding carboxylic acids is 3. The number of aromatic nitrogens is 3. The molecule has 0 bridgehead atoms. The van der Waals surface area contributed by atoms with Crippen LogP contribution in [0.5, 0.6) is 0 Å². The van der Waals surface area contributed by atoms with Crippen LogP contribution in [0.4, 0.5) is 6.01 Å². The summed E-state index contributed by atoms with van der Waals surface area (Å²) in [4.78, 5) is 50.9. The van der Waals surface area contributed by atoms with Gasteiger partial charge in [0.25, 0.3) is 17.8 Å². The van der Waals surface area contributed by atoms with Crippen LogP contribution in [0.2, 0.25) is 0 Å². The standard InChI is InChI=1S/C18H17N7O6S/c1-30-23-11(10-7-31-18(19)21-10)14(26)22-12-15(27)25-13(17(28)29)9(8-32-16(12)25)6-24-4-2-20-3-5-24/h2-5,7,12,16H,6,8H2,1H3,(H3-,19,21,22,26,28,29)/b23-11-/t12?,16-/m1/s1. The van der Waals surface area contributed by atoms with Crippen molar-refractivity contribution in [3.05, 3.63) is 48.0 Å². The Morgan fingerprint density at radius 2 is 2.22 bits per heavy atom. The van der Waals surface area contributed by atoms with Gasteiger partial charge in [0.2, 0.25) is 0 Å². The molecule has 13 nitrogen and oxygen atoms in total. The van der Waals surface area contributed by atoms with E-state index in [0.717, 1.165) is 11.2 Å². The number of amides is 2. The number of hydrogen-bond acceptors (Lipinski definition) is 11. The number of rotatable bonds is 7. The molecule has 2 atom stereocenters. The number of anilines is 1. The number of nitrogens with zero attached hydrogens (tertiary/aromatic N) is 5. The minimum atomic E-state index is -1.46. The SMILES string of the molecule is CO/N=C(\C(=O)NC1C(=O)N2C(C(=O)[O-])=C(C[n+]3ccncc3)CS[C@H]12)c1coc(N)n1. The molecular weight excluding hydrogens is 442 g/mol. The highest BCUT2D eigenvalue weighted by atomic mass is 32.2. The van der Waals surface area contributed by atoms with Crippen LogP contribution in [0.15, 0.2) is 51.9 Å². The van der Waals surface area contributed by atoms with Crippen LogP contribution >= 0.6 is 11.8 Å². The molecule has 2 aromatic heterocycles. The van der Waals surface area contributed by atoms with Crippen molar-refractivity contribution in [2.24, 2.45) is 5.16 Å². The minimum absolute atomic E-state index is 0.0220. The number of nitrogens with two attached hydrogens (primary N) is 1. The van der Waals surface area contributed by atoms with Crippen LogP contribution in [0.25, 0.3) is 0 Å². The number of hydrogen-bond donors (Lipinski definition) is 2. The molecule has 0 saturated carbocycles. The van der Waals surface area contributed by atoms with Crippen molar-refractivity contribution in [2.75, 3.05) is 18.6 Å². The summed E-state index contributed by atoms with van der Waals surface area (Å²) in [6, 6.07) is -1.14. The fraction of sp³-hybridized carbons (Fsp3) is 0.278. The largest absolute Gasteiger partial charge is 0.543 e. The molecule has 2 amide bonds. The average Bonchev–Trinajstić information content (AvgIpc) is 3.21. The zero-order valence-electron chi connectivity index (χ0n) is 16.6. The molecule has 0 aromatic carbocycles. The second kappa shape index (κ2) is 8.66. The third-order valence-electron chi connectivity index (χ3n) is 4.75. The highest BCUT2D eigenvalue weighted by Gasteiger charge is 2.53. The third-order valence-corrected chi connectivity index (χ3v) is 6.09. The predicted molar refractivity (Wildman–Crippen MR) is 106 cm³/mol. The molecular formula is C18H17N7O6S. The van der Waals surface area contributed by atoms with Gasteiger partial charge in [0.1, 0.15) is 30.5 Å². The number of thioether (sulfide) groups is 1. The Kier molecular flexibility index (Phi) is 5.77. The first-order valence-electron chi connectivity index (χ1n) is 9.21. The first-order valence-corrected chi connectivity index (χ1v) is 10.3. The van der Waals surface area contributed by atoms with E-state index >= 15 is 0 Å². The first kappa shape index (κ1) is 21.3. The molecule has 14 heteroatoms. The monoisotopic (exact) mass is 459 g/mol. The summed E-state index contributed by atoms with van der Waals surface area (Å²) in [5.74, 6) is -2.46. The third kappa shape index (κ3) is 3.87. The fourth-order valence-corrected chi connectivity index (χ4v) is 4.70. The van der Waals surface area contributed by atoms with E-state index in [0.29, 0.717) is 11.3 Å². The van der Waals surface area contributed by atoms with Crippen molar-refractivity contribution in [1.82, 2.24) is 20.2 Å². The number of oxazole rings is 1. The number of carboxylic acids is 1. The van der Waals surface area contributed by atoms with Gasteiger partial charge in [-0.1, -0.05) is 5.16 Å². The predicted octanol–water partition coefficient (Wildman–Crippen LogP) is -2.61. The number of nitrogen functional groups attached to an aromatic ring is 1. The first-order chi connectivity index (χ1) is 15.4. The Labute approximate surface area is 184 Å². The van der Waals surface area contributed by atoms with Crippen molar-refractivity contribution in [2.45, 2.75) is 18.0 Å². The summed E-state index contributed by atoms with van der Waals surface area (Å²) in [5.41, 5.74) is 5.53. The summed E-state index contributed by atoms with van der Waals surface area (Å²) < 4.78 is 6.62. The number of aliphatic carboxylic acids is 1. The smallest absolute Gasteiger partial charge is 0.292 e. The number of oxime groups is 1. The second-order valence-electron chi connectivity index (χ2n) is 6.71. The van der Waals surface area contributed by atoms with Crippen LogP contribution < -0.4 is 20.7 Å². The molecule has 2 aliphatic heterocycles. The summed E-state index contributed by atoms with van der Waals surface area (Å²) >= 11 is 1.33. The fourth-order valence-electron chi connectivity index (χ4n) is 3.37. The molecule has 4 rings (SSSR count). The molecule has 2 aromatic rings. The lowest BCUT2D eigenvalue weighted by Crippen LogP contribution is -2.71. The molecule has 4 heterocycles. The maximum atomic E-state index is 12.8. The molecule has 1 fully saturated rings. The summed E-state index contributed by atoms with van der Waals surface area (Å²) in [6.45, 7) is 0.255. The maximum absolute atomic E-state index is 12.8. The van der Waals surface area contributed by atoms with Gasteiger partial charge < -0.3 is 30.2 Å². The minimum Gasteiger partial charge on any atom is -0.543 e. The molecule has 1 saturated heterocycles. The molecule has 0 aliphatic carbocycles. The van der Waals surface area contributed by atoms with Gasteiger partial charge in [-0.05, 0) is 0 Å². The quantitative estimate of drug-likeness (QED) is 0.193. The highest BCUT2D eigenvalue weighted by molar-refractivity contribution is 8.00. The second-order valence-corrected chi connectivity index (χ2v) is 7.82. The molecule has 1 unspecified atom stereocenters. The summed E-state index contributed by atoms with van der Waals surface area (Å²) in [7, 11) is 1.24. The van der Waals surface area contributed by atoms with E-state index in [4.69, 9.17) is 10.2 Å². The number of carboxylic acid groups (broad SMARTS) is 1. The van der Waals surface area contributed by atoms with Crippen LogP contribution in [0.1, 0.15) is 5.69 Å². The van der Waals surface area contributed by atoms with E-state index < -0.39 is 29.2 Å². The van der Waals surface area contributed by atoms with Gasteiger partial charge in [-0.2, -0.15) is 9.55 Å². The lowest BCUT2D eigenvalue weighted by Gasteiger charge is -2.50. The van der Waals surface area contributed by atoms with Crippen LogP contribution in [-0.2, 0) is 25.8 Å². The van der Waals surface area contributed by atoms with Gasteiger partial charge in [0.15, 0.2) is 24.7 Å². The molecule has 2 aliphatic rings. The lowest BCUT2D eigenvalue weighted by molar-refractivity contribution is -0.689. The Hall–Kier alpha value is -3.94. The van der Waals surface area contributed by atoms with E-state index in [-0.39, 0.29) is 29.7 Å². The van der Waals surface area contributed by atoms with Crippen LogP contribution in [0.3, 0.4) is 0 Å². The zero-order valence-corrected chi connectivity index (χ0v) is 17.4. The van der Waals surface area contributed by atoms with Crippen molar-refractivity contribution in [3.63, 3.8) is 0 Å². The van der Waals surface area contributed by atoms with Gasteiger partial charge in [-0.15, -0.1) is 11.8 Å². The van der Waals surface area contributed by atoms with E-state index in [1.165, 1.54) is 18.9 Å². The van der Waals surface area contributed by atoms with Gasteiger partial charge in [0, 0.05) is 11.3 Å². The lowest BCUT2D eigenvalue weighted by atomic mass is 10.0. The number of fused-ring (bicyclic) bond motifs is 1. The van der Waals surface area contributed by atoms with Gasteiger partial charge >= 0.3 is 0 Å². The number of carbonyl (C=O) groups is 3. The van der Waals surface area contributed by atoms with Crippen LogP contribution in [0, 0.1) is 0 Å². The van der Waals surface area contributed by atoms with Gasteiger partial charge in [-0.3, -0.25) is 19.5 Å². The van der Waals surface area contributed by atoms with Crippen molar-refractivity contribution in [3.8, 4) is 0 Å². The maximum Gasteiger partial charge on any atom is 0.292 e. The topological polar surface area (TPSA) is 180 Å². The molecule has 0 radical (unpaired) electrons. The van der Waals surface area contributed by atoms with E-state index in [9.17, 15) is 19.5 Å². The number of β-lactam (4-membered cyclic amide) rings is 1. The highest BCUT2D eigenvalue weighted by Crippen LogP contribution is 2.40. The molecule has 166 valence electrons. The summed E-state index contributed by atoms with van der Waals surface area (Å²) in [5, 5.41) is 17.4. The van der Waals surface area contributed by atoms with E-state index in [1.807, 2.05) is 0 Å². The Balaban J connectivity index is 1.53. The van der Waals surface area contributed by atoms with Crippen molar-refractivity contribution < 1.29 is 33.3 Å². The van der Waals surface area contributed by atoms with E-state index in [1.54, 1.807) is 29.4 Å². The van der Waals surface area contributed by atoms with Crippen molar-refractivity contribution in [1.29, 1.82) is 0 Å². The summed E-state index contributed by atoms with van der Waals surface area (Å²) in [6.07, 6.45) is 7.63. The van der Waals surface area contributed by atoms with E-state index in [2.05, 4.69) is 25.3 Å². The Morgan fingerprint density at radius 1 is 1.47 bits per heavy atom. The Bertz CT molecular complexity index is 1130. The van der Waals surface area contributed by atoms with Gasteiger partial charge in [-0.25, -0.2) is 0 Å². The number of nitrogens with one attached hydrogen (secondary N) is 1. The molecule has 0 spiro atoms. The molecule has 3 N–H and O–H groups in total.